The van der Waals surface area contributed by atoms with Crippen LogP contribution < -0.4 is 5.84 Å². The monoisotopic (exact) mass is 297 g/mol. The van der Waals surface area contributed by atoms with Gasteiger partial charge in [-0.2, -0.15) is 0 Å². The van der Waals surface area contributed by atoms with E-state index in [0.29, 0.717) is 11.0 Å². The number of nitrogens with zero attached hydrogens (tertiary/aromatic N) is 4. The molecule has 0 aliphatic carbocycles. The number of aromatic nitrogens is 4. The molecule has 0 saturated carbocycles. The van der Waals surface area contributed by atoms with Crippen LogP contribution in [-0.2, 0) is 5.75 Å². The second-order valence-electron chi connectivity index (χ2n) is 4.63. The Bertz CT molecular complexity index is 739. The normalized spacial score (nSPS) is 10.7. The number of nitrogens with two attached hydrogens (primary N) is 1. The van der Waals surface area contributed by atoms with Crippen molar-refractivity contribution in [2.45, 2.75) is 17.8 Å². The molecule has 0 aliphatic heterocycles. The Hall–Kier alpha value is -2.34. The molecule has 0 bridgehead atoms. The summed E-state index contributed by atoms with van der Waals surface area (Å²) in [6.45, 7) is 2.10. The first-order chi connectivity index (χ1) is 10.3. The van der Waals surface area contributed by atoms with E-state index in [4.69, 9.17) is 5.84 Å². The fourth-order valence-corrected chi connectivity index (χ4v) is 2.92. The van der Waals surface area contributed by atoms with Gasteiger partial charge in [-0.1, -0.05) is 36.0 Å². The maximum atomic E-state index is 6.09. The lowest BCUT2D eigenvalue weighted by Crippen LogP contribution is -2.11. The van der Waals surface area contributed by atoms with Gasteiger partial charge in [0.05, 0.1) is 0 Å². The van der Waals surface area contributed by atoms with Gasteiger partial charge in [0.15, 0.2) is 5.82 Å². The molecule has 3 rings (SSSR count). The molecule has 106 valence electrons. The standard InChI is InChI=1S/C15H15N5S/c1-11-4-2-3-5-13(11)10-21-15-19-18-14(20(15)16)12-6-8-17-9-7-12/h2-9H,10,16H2,1H3. The molecule has 0 saturated heterocycles. The van der Waals surface area contributed by atoms with Crippen LogP contribution in [0.25, 0.3) is 11.4 Å². The van der Waals surface area contributed by atoms with Crippen molar-refractivity contribution in [2.75, 3.05) is 5.84 Å². The first-order valence-corrected chi connectivity index (χ1v) is 7.52. The minimum absolute atomic E-state index is 0.643. The van der Waals surface area contributed by atoms with Crippen molar-refractivity contribution in [3.05, 3.63) is 59.9 Å². The average molecular weight is 297 g/mol. The molecule has 2 aromatic heterocycles. The molecule has 1 aromatic carbocycles. The third-order valence-corrected chi connectivity index (χ3v) is 4.21. The largest absolute Gasteiger partial charge is 0.335 e. The summed E-state index contributed by atoms with van der Waals surface area (Å²) in [5.74, 6) is 7.55. The maximum Gasteiger partial charge on any atom is 0.210 e. The molecule has 0 amide bonds. The maximum absolute atomic E-state index is 6.09. The molecule has 0 atom stereocenters. The topological polar surface area (TPSA) is 69.6 Å². The Labute approximate surface area is 127 Å². The number of thioether (sulfide) groups is 1. The molecular formula is C15H15N5S. The van der Waals surface area contributed by atoms with Gasteiger partial charge in [0.1, 0.15) is 0 Å². The highest BCUT2D eigenvalue weighted by molar-refractivity contribution is 7.98. The van der Waals surface area contributed by atoms with Gasteiger partial charge in [-0.25, -0.2) is 4.68 Å². The highest BCUT2D eigenvalue weighted by atomic mass is 32.2. The first kappa shape index (κ1) is 13.6. The van der Waals surface area contributed by atoms with Crippen LogP contribution in [0.3, 0.4) is 0 Å². The highest BCUT2D eigenvalue weighted by Gasteiger charge is 2.12. The molecule has 0 spiro atoms. The molecule has 0 fully saturated rings. The van der Waals surface area contributed by atoms with Crippen LogP contribution in [0.5, 0.6) is 0 Å². The minimum atomic E-state index is 0.643. The molecule has 0 unspecified atom stereocenters. The number of hydrogen-bond acceptors (Lipinski definition) is 5. The highest BCUT2D eigenvalue weighted by Crippen LogP contribution is 2.24. The van der Waals surface area contributed by atoms with E-state index in [-0.39, 0.29) is 0 Å². The summed E-state index contributed by atoms with van der Waals surface area (Å²) in [5, 5.41) is 9.03. The third kappa shape index (κ3) is 2.90. The molecule has 0 radical (unpaired) electrons. The molecule has 0 aliphatic rings. The number of pyridine rings is 1. The number of rotatable bonds is 4. The predicted molar refractivity (Wildman–Crippen MR) is 84.1 cm³/mol. The average Bonchev–Trinajstić information content (AvgIpc) is 2.88. The Morgan fingerprint density at radius 3 is 2.62 bits per heavy atom. The van der Waals surface area contributed by atoms with Crippen LogP contribution in [-0.4, -0.2) is 19.9 Å². The summed E-state index contributed by atoms with van der Waals surface area (Å²) < 4.78 is 1.53. The van der Waals surface area contributed by atoms with Crippen molar-refractivity contribution in [1.82, 2.24) is 19.9 Å². The Balaban J connectivity index is 1.79. The SMILES string of the molecule is Cc1ccccc1CSc1nnc(-c2ccncc2)n1N. The quantitative estimate of drug-likeness (QED) is 0.592. The van der Waals surface area contributed by atoms with Crippen molar-refractivity contribution in [3.63, 3.8) is 0 Å². The van der Waals surface area contributed by atoms with Gasteiger partial charge in [-0.3, -0.25) is 4.98 Å². The van der Waals surface area contributed by atoms with Gasteiger partial charge in [-0.05, 0) is 30.2 Å². The summed E-state index contributed by atoms with van der Waals surface area (Å²) in [4.78, 5) is 3.99. The molecule has 6 heteroatoms. The van der Waals surface area contributed by atoms with Crippen molar-refractivity contribution in [2.24, 2.45) is 0 Å². The lowest BCUT2D eigenvalue weighted by Gasteiger charge is -2.05. The summed E-state index contributed by atoms with van der Waals surface area (Å²) in [5.41, 5.74) is 3.45. The van der Waals surface area contributed by atoms with Gasteiger partial charge < -0.3 is 5.84 Å². The minimum Gasteiger partial charge on any atom is -0.335 e. The smallest absolute Gasteiger partial charge is 0.210 e. The zero-order valence-electron chi connectivity index (χ0n) is 11.6. The van der Waals surface area contributed by atoms with Crippen LogP contribution in [0.4, 0.5) is 0 Å². The lowest BCUT2D eigenvalue weighted by molar-refractivity contribution is 0.849. The number of hydrogen-bond donors (Lipinski definition) is 1. The van der Waals surface area contributed by atoms with E-state index in [1.807, 2.05) is 24.3 Å². The molecular weight excluding hydrogens is 282 g/mol. The van der Waals surface area contributed by atoms with Crippen molar-refractivity contribution in [1.29, 1.82) is 0 Å². The van der Waals surface area contributed by atoms with Gasteiger partial charge in [-0.15, -0.1) is 10.2 Å². The number of nitrogen functional groups attached to an aromatic ring is 1. The van der Waals surface area contributed by atoms with Gasteiger partial charge >= 0.3 is 0 Å². The molecule has 21 heavy (non-hydrogen) atoms. The zero-order chi connectivity index (χ0) is 14.7. The summed E-state index contributed by atoms with van der Waals surface area (Å²) in [7, 11) is 0. The molecule has 5 nitrogen and oxygen atoms in total. The van der Waals surface area contributed by atoms with E-state index >= 15 is 0 Å². The zero-order valence-corrected chi connectivity index (χ0v) is 12.4. The van der Waals surface area contributed by atoms with E-state index in [0.717, 1.165) is 11.3 Å². The van der Waals surface area contributed by atoms with Crippen molar-refractivity contribution in [3.8, 4) is 11.4 Å². The number of benzene rings is 1. The van der Waals surface area contributed by atoms with Crippen molar-refractivity contribution >= 4 is 11.8 Å². The Kier molecular flexibility index (Phi) is 3.87. The summed E-state index contributed by atoms with van der Waals surface area (Å²) >= 11 is 1.58. The molecule has 3 aromatic rings. The van der Waals surface area contributed by atoms with Gasteiger partial charge in [0.25, 0.3) is 0 Å². The second kappa shape index (κ2) is 5.97. The molecule has 2 heterocycles. The fourth-order valence-electron chi connectivity index (χ4n) is 1.99. The molecule has 2 N–H and O–H groups in total. The van der Waals surface area contributed by atoms with Crippen molar-refractivity contribution < 1.29 is 0 Å². The number of aryl methyl sites for hydroxylation is 1. The van der Waals surface area contributed by atoms with E-state index in [9.17, 15) is 0 Å². The summed E-state index contributed by atoms with van der Waals surface area (Å²) in [6, 6.07) is 12.0. The second-order valence-corrected chi connectivity index (χ2v) is 5.57. The third-order valence-electron chi connectivity index (χ3n) is 3.22. The van der Waals surface area contributed by atoms with Gasteiger partial charge in [0, 0.05) is 23.7 Å². The van der Waals surface area contributed by atoms with Crippen LogP contribution in [0, 0.1) is 6.92 Å². The van der Waals surface area contributed by atoms with Crippen LogP contribution in [0.15, 0.2) is 53.9 Å². The fraction of sp³-hybridized carbons (Fsp3) is 0.133. The van der Waals surface area contributed by atoms with E-state index < -0.39 is 0 Å². The van der Waals surface area contributed by atoms with Crippen LogP contribution in [0.1, 0.15) is 11.1 Å². The Morgan fingerprint density at radius 2 is 1.86 bits per heavy atom. The van der Waals surface area contributed by atoms with E-state index in [1.165, 1.54) is 15.8 Å². The van der Waals surface area contributed by atoms with Crippen LogP contribution in [0.2, 0.25) is 0 Å². The Morgan fingerprint density at radius 1 is 1.10 bits per heavy atom. The van der Waals surface area contributed by atoms with Crippen LogP contribution >= 0.6 is 11.8 Å². The van der Waals surface area contributed by atoms with E-state index in [1.54, 1.807) is 24.2 Å². The van der Waals surface area contributed by atoms with Gasteiger partial charge in [0.2, 0.25) is 5.16 Å². The first-order valence-electron chi connectivity index (χ1n) is 6.54. The predicted octanol–water partition coefficient (Wildman–Crippen LogP) is 2.65. The summed E-state index contributed by atoms with van der Waals surface area (Å²) in [6.07, 6.45) is 3.42. The van der Waals surface area contributed by atoms with E-state index in [2.05, 4.69) is 34.2 Å². The lowest BCUT2D eigenvalue weighted by atomic mass is 10.1.